The lowest BCUT2D eigenvalue weighted by atomic mass is 10.1. The molecule has 184 valence electrons. The number of nitrogens with zero attached hydrogens (tertiary/aromatic N) is 1. The zero-order valence-corrected chi connectivity index (χ0v) is 20.5. The van der Waals surface area contributed by atoms with E-state index in [0.717, 1.165) is 12.1 Å². The van der Waals surface area contributed by atoms with E-state index in [0.29, 0.717) is 34.2 Å². The highest BCUT2D eigenvalue weighted by Gasteiger charge is 2.19. The number of hydrogen-bond acceptors (Lipinski definition) is 5. The van der Waals surface area contributed by atoms with Crippen molar-refractivity contribution in [2.45, 2.75) is 65.0 Å². The van der Waals surface area contributed by atoms with Gasteiger partial charge in [-0.15, -0.1) is 0 Å². The summed E-state index contributed by atoms with van der Waals surface area (Å²) in [7, 11) is 0. The average Bonchev–Trinajstić information content (AvgIpc) is 3.32. The van der Waals surface area contributed by atoms with Crippen molar-refractivity contribution in [2.24, 2.45) is 11.7 Å². The molecule has 9 heteroatoms. The number of primary amides is 1. The number of carbonyl (C=O) groups is 2. The lowest BCUT2D eigenvalue weighted by Gasteiger charge is -2.18. The monoisotopic (exact) mass is 488 g/mol. The van der Waals surface area contributed by atoms with E-state index >= 15 is 0 Å². The standard InChI is InChI=1S/C25H33ClN4O4/c1-3-21(24(27)32)34-22-9-8-19(26)12-18(22)15-28-23(31)13-20-16(2)10-11-30(25(20)33)29-14-17-6-4-5-7-17/h8-12,17,21,29H,3-7,13-15H2,1-2H3,(H2,27,32)(H,28,31). The molecule has 1 atom stereocenters. The third-order valence-electron chi connectivity index (χ3n) is 6.24. The first-order valence-electron chi connectivity index (χ1n) is 11.7. The smallest absolute Gasteiger partial charge is 0.272 e. The van der Waals surface area contributed by atoms with Gasteiger partial charge < -0.3 is 21.2 Å². The van der Waals surface area contributed by atoms with Crippen LogP contribution in [0.4, 0.5) is 0 Å². The maximum absolute atomic E-state index is 13.0. The van der Waals surface area contributed by atoms with Crippen molar-refractivity contribution >= 4 is 23.4 Å². The normalized spacial score (nSPS) is 14.6. The number of aromatic nitrogens is 1. The predicted octanol–water partition coefficient (Wildman–Crippen LogP) is 3.05. The number of pyridine rings is 1. The van der Waals surface area contributed by atoms with E-state index in [1.165, 1.54) is 30.4 Å². The quantitative estimate of drug-likeness (QED) is 0.449. The van der Waals surface area contributed by atoms with Gasteiger partial charge in [0.15, 0.2) is 6.10 Å². The van der Waals surface area contributed by atoms with E-state index in [1.54, 1.807) is 31.3 Å². The Kier molecular flexibility index (Phi) is 8.98. The second-order valence-electron chi connectivity index (χ2n) is 8.79. The molecule has 0 bridgehead atoms. The summed E-state index contributed by atoms with van der Waals surface area (Å²) in [6.07, 6.45) is 6.13. The molecule has 2 aromatic rings. The van der Waals surface area contributed by atoms with Crippen LogP contribution in [0.1, 0.15) is 55.7 Å². The second-order valence-corrected chi connectivity index (χ2v) is 9.22. The van der Waals surface area contributed by atoms with Crippen LogP contribution in [0, 0.1) is 12.8 Å². The highest BCUT2D eigenvalue weighted by atomic mass is 35.5. The molecule has 1 fully saturated rings. The molecule has 8 nitrogen and oxygen atoms in total. The number of carbonyl (C=O) groups excluding carboxylic acids is 2. The molecule has 0 radical (unpaired) electrons. The molecular formula is C25H33ClN4O4. The van der Waals surface area contributed by atoms with Gasteiger partial charge >= 0.3 is 0 Å². The first-order valence-corrected chi connectivity index (χ1v) is 12.1. The van der Waals surface area contributed by atoms with E-state index < -0.39 is 12.0 Å². The van der Waals surface area contributed by atoms with Gasteiger partial charge in [0.05, 0.1) is 6.42 Å². The highest BCUT2D eigenvalue weighted by molar-refractivity contribution is 6.30. The molecule has 1 aliphatic carbocycles. The number of benzene rings is 1. The Morgan fingerprint density at radius 1 is 1.26 bits per heavy atom. The number of halogens is 1. The molecule has 0 spiro atoms. The molecular weight excluding hydrogens is 456 g/mol. The summed E-state index contributed by atoms with van der Waals surface area (Å²) < 4.78 is 7.22. The minimum absolute atomic E-state index is 0.0494. The first-order chi connectivity index (χ1) is 16.3. The number of nitrogens with one attached hydrogen (secondary N) is 2. The van der Waals surface area contributed by atoms with E-state index in [1.807, 2.05) is 13.0 Å². The molecule has 4 N–H and O–H groups in total. The van der Waals surface area contributed by atoms with Crippen molar-refractivity contribution < 1.29 is 14.3 Å². The third-order valence-corrected chi connectivity index (χ3v) is 6.48. The van der Waals surface area contributed by atoms with Gasteiger partial charge in [0.25, 0.3) is 11.5 Å². The third kappa shape index (κ3) is 6.76. The number of ether oxygens (including phenoxy) is 1. The van der Waals surface area contributed by atoms with E-state index in [-0.39, 0.29) is 24.4 Å². The van der Waals surface area contributed by atoms with Crippen LogP contribution in [0.2, 0.25) is 5.02 Å². The van der Waals surface area contributed by atoms with Crippen LogP contribution in [0.25, 0.3) is 0 Å². The molecule has 1 aliphatic rings. The second kappa shape index (κ2) is 11.9. The van der Waals surface area contributed by atoms with E-state index in [2.05, 4.69) is 10.7 Å². The van der Waals surface area contributed by atoms with Gasteiger partial charge in [0.2, 0.25) is 5.91 Å². The summed E-state index contributed by atoms with van der Waals surface area (Å²) in [6.45, 7) is 4.49. The van der Waals surface area contributed by atoms with Gasteiger partial charge in [-0.05, 0) is 61.9 Å². The van der Waals surface area contributed by atoms with Gasteiger partial charge in [-0.3, -0.25) is 14.4 Å². The zero-order chi connectivity index (χ0) is 24.7. The van der Waals surface area contributed by atoms with Gasteiger partial charge in [0.1, 0.15) is 5.75 Å². The summed E-state index contributed by atoms with van der Waals surface area (Å²) in [6, 6.07) is 6.79. The van der Waals surface area contributed by atoms with Gasteiger partial charge in [-0.25, -0.2) is 4.68 Å². The molecule has 1 unspecified atom stereocenters. The van der Waals surface area contributed by atoms with Crippen LogP contribution in [0.3, 0.4) is 0 Å². The number of nitrogens with two attached hydrogens (primary N) is 1. The Morgan fingerprint density at radius 2 is 2.00 bits per heavy atom. The van der Waals surface area contributed by atoms with Crippen LogP contribution in [-0.2, 0) is 22.6 Å². The average molecular weight is 489 g/mol. The Bertz CT molecular complexity index is 1080. The molecule has 1 heterocycles. The fourth-order valence-electron chi connectivity index (χ4n) is 4.16. The predicted molar refractivity (Wildman–Crippen MR) is 133 cm³/mol. The minimum atomic E-state index is -0.780. The maximum atomic E-state index is 13.0. The van der Waals surface area contributed by atoms with Crippen LogP contribution in [0.5, 0.6) is 5.75 Å². The van der Waals surface area contributed by atoms with Crippen LogP contribution >= 0.6 is 11.6 Å². The number of aryl methyl sites for hydroxylation is 1. The molecule has 0 saturated heterocycles. The largest absolute Gasteiger partial charge is 0.480 e. The number of hydrogen-bond donors (Lipinski definition) is 3. The fourth-order valence-corrected chi connectivity index (χ4v) is 4.36. The summed E-state index contributed by atoms with van der Waals surface area (Å²) in [5, 5.41) is 3.30. The van der Waals surface area contributed by atoms with Crippen molar-refractivity contribution in [2.75, 3.05) is 12.0 Å². The molecule has 3 rings (SSSR count). The zero-order valence-electron chi connectivity index (χ0n) is 19.7. The van der Waals surface area contributed by atoms with Crippen molar-refractivity contribution in [1.82, 2.24) is 9.99 Å². The maximum Gasteiger partial charge on any atom is 0.272 e. The minimum Gasteiger partial charge on any atom is -0.480 e. The van der Waals surface area contributed by atoms with Crippen molar-refractivity contribution in [3.63, 3.8) is 0 Å². The van der Waals surface area contributed by atoms with Crippen LogP contribution in [-0.4, -0.2) is 29.1 Å². The Morgan fingerprint density at radius 3 is 2.68 bits per heavy atom. The van der Waals surface area contributed by atoms with E-state index in [4.69, 9.17) is 22.1 Å². The first kappa shape index (κ1) is 25.6. The van der Waals surface area contributed by atoms with Gasteiger partial charge in [0, 0.05) is 35.4 Å². The van der Waals surface area contributed by atoms with Crippen molar-refractivity contribution in [1.29, 1.82) is 0 Å². The Hall–Kier alpha value is -3.00. The summed E-state index contributed by atoms with van der Waals surface area (Å²) in [5.41, 5.74) is 10.2. The topological polar surface area (TPSA) is 115 Å². The van der Waals surface area contributed by atoms with Crippen LogP contribution in [0.15, 0.2) is 35.3 Å². The number of amides is 2. The fraction of sp³-hybridized carbons (Fsp3) is 0.480. The van der Waals surface area contributed by atoms with Crippen molar-refractivity contribution in [3.05, 3.63) is 62.5 Å². The molecule has 2 amide bonds. The highest BCUT2D eigenvalue weighted by Crippen LogP contribution is 2.25. The molecule has 1 aromatic heterocycles. The van der Waals surface area contributed by atoms with Gasteiger partial charge in [-0.2, -0.15) is 0 Å². The molecule has 1 aromatic carbocycles. The molecule has 34 heavy (non-hydrogen) atoms. The Labute approximate surface area is 204 Å². The van der Waals surface area contributed by atoms with Gasteiger partial charge in [-0.1, -0.05) is 31.4 Å². The molecule has 0 aliphatic heterocycles. The molecule has 1 saturated carbocycles. The summed E-state index contributed by atoms with van der Waals surface area (Å²) in [4.78, 5) is 37.2. The Balaban J connectivity index is 1.66. The lowest BCUT2D eigenvalue weighted by Crippen LogP contribution is -2.36. The lowest BCUT2D eigenvalue weighted by molar-refractivity contribution is -0.125. The van der Waals surface area contributed by atoms with E-state index in [9.17, 15) is 14.4 Å². The SMILES string of the molecule is CCC(Oc1ccc(Cl)cc1CNC(=O)Cc1c(C)ccn(NCC2CCCC2)c1=O)C(N)=O. The summed E-state index contributed by atoms with van der Waals surface area (Å²) in [5.74, 6) is 0.132. The summed E-state index contributed by atoms with van der Waals surface area (Å²) >= 11 is 6.12. The van der Waals surface area contributed by atoms with Crippen LogP contribution < -0.4 is 26.8 Å². The van der Waals surface area contributed by atoms with Crippen molar-refractivity contribution in [3.8, 4) is 5.75 Å². The number of rotatable bonds is 11.